The minimum absolute atomic E-state index is 0. The van der Waals surface area contributed by atoms with Crippen molar-refractivity contribution >= 4 is 19.1 Å². The molecule has 0 aromatic heterocycles. The third kappa shape index (κ3) is 17.6. The Balaban J connectivity index is 0. The van der Waals surface area contributed by atoms with Gasteiger partial charge in [0.1, 0.15) is 0 Å². The number of halogens is 1. The molecule has 2 nitrogen and oxygen atoms in total. The van der Waals surface area contributed by atoms with E-state index in [4.69, 9.17) is 5.21 Å². The Hall–Kier alpha value is -0.240. The lowest BCUT2D eigenvalue weighted by Crippen LogP contribution is -1.30. The molecule has 26 valence electrons. The first-order valence-corrected chi connectivity index (χ1v) is 0.516. The van der Waals surface area contributed by atoms with E-state index >= 15 is 0 Å². The van der Waals surface area contributed by atoms with Crippen molar-refractivity contribution in [3.8, 4) is 0 Å². The fourth-order valence-electron chi connectivity index (χ4n) is 0. The maximum atomic E-state index is 7.08. The lowest BCUT2D eigenvalue weighted by atomic mass is 11.8. The topological polar surface area (TPSA) is 32.6 Å². The van der Waals surface area contributed by atoms with Crippen LogP contribution in [0.4, 0.5) is 0 Å². The molecule has 0 saturated heterocycles. The first-order chi connectivity index (χ1) is 1.41. The van der Waals surface area contributed by atoms with Crippen LogP contribution in [0.25, 0.3) is 0 Å². The molecule has 0 amide bonds. The molecule has 0 aliphatic heterocycles. The molecular formula is CH4ClNO. The van der Waals surface area contributed by atoms with E-state index in [0.29, 0.717) is 0 Å². The van der Waals surface area contributed by atoms with Crippen LogP contribution < -0.4 is 0 Å². The third-order valence-corrected chi connectivity index (χ3v) is 0. The second-order valence-electron chi connectivity index (χ2n) is 0.141. The summed E-state index contributed by atoms with van der Waals surface area (Å²) < 4.78 is 0. The van der Waals surface area contributed by atoms with Crippen molar-refractivity contribution in [2.75, 3.05) is 0 Å². The molecule has 0 aromatic carbocycles. The second-order valence-corrected chi connectivity index (χ2v) is 0.141. The predicted octanol–water partition coefficient (Wildman–Crippen LogP) is 0.498. The normalized spacial score (nSPS) is 3.00. The van der Waals surface area contributed by atoms with E-state index in [1.54, 1.807) is 0 Å². The zero-order valence-electron chi connectivity index (χ0n) is 2.01. The fourth-order valence-corrected chi connectivity index (χ4v) is 0. The smallest absolute Gasteiger partial charge is 0.0298 e. The van der Waals surface area contributed by atoms with Gasteiger partial charge in [0.15, 0.2) is 0 Å². The molecule has 0 radical (unpaired) electrons. The van der Waals surface area contributed by atoms with Gasteiger partial charge in [-0.05, 0) is 0 Å². The van der Waals surface area contributed by atoms with Crippen molar-refractivity contribution < 1.29 is 5.21 Å². The van der Waals surface area contributed by atoms with Crippen LogP contribution in [0.15, 0.2) is 5.16 Å². The maximum Gasteiger partial charge on any atom is 0.0298 e. The van der Waals surface area contributed by atoms with E-state index in [1.165, 1.54) is 0 Å². The molecular weight excluding hydrogens is 77.5 g/mol. The minimum atomic E-state index is 0. The van der Waals surface area contributed by atoms with Gasteiger partial charge < -0.3 is 5.21 Å². The van der Waals surface area contributed by atoms with Crippen molar-refractivity contribution in [3.63, 3.8) is 0 Å². The van der Waals surface area contributed by atoms with Crippen molar-refractivity contribution in [1.82, 2.24) is 0 Å². The van der Waals surface area contributed by atoms with Gasteiger partial charge in [-0.3, -0.25) is 0 Å². The summed E-state index contributed by atoms with van der Waals surface area (Å²) >= 11 is 0. The van der Waals surface area contributed by atoms with Crippen LogP contribution in [0.2, 0.25) is 0 Å². The Morgan fingerprint density at radius 3 is 1.75 bits per heavy atom. The van der Waals surface area contributed by atoms with Crippen LogP contribution >= 0.6 is 12.4 Å². The highest BCUT2D eigenvalue weighted by molar-refractivity contribution is 5.85. The highest BCUT2D eigenvalue weighted by atomic mass is 35.5. The first-order valence-electron chi connectivity index (χ1n) is 0.516. The molecule has 0 aliphatic rings. The monoisotopic (exact) mass is 81.0 g/mol. The van der Waals surface area contributed by atoms with Crippen LogP contribution in [0.5, 0.6) is 0 Å². The van der Waals surface area contributed by atoms with Crippen molar-refractivity contribution in [1.29, 1.82) is 0 Å². The fraction of sp³-hybridized carbons (Fsp3) is 0. The van der Waals surface area contributed by atoms with Gasteiger partial charge in [0, 0.05) is 6.72 Å². The Kier molecular flexibility index (Phi) is 34.2. The Morgan fingerprint density at radius 2 is 1.75 bits per heavy atom. The van der Waals surface area contributed by atoms with E-state index in [9.17, 15) is 0 Å². The zero-order chi connectivity index (χ0) is 2.71. The van der Waals surface area contributed by atoms with E-state index in [-0.39, 0.29) is 12.4 Å². The zero-order valence-corrected chi connectivity index (χ0v) is 2.83. The number of hydrogen-bond acceptors (Lipinski definition) is 2. The van der Waals surface area contributed by atoms with Gasteiger partial charge in [0.2, 0.25) is 0 Å². The summed E-state index contributed by atoms with van der Waals surface area (Å²) in [7, 11) is 0. The molecule has 1 N–H and O–H groups in total. The standard InChI is InChI=1S/CH3NO.ClH/c1-2-3;/h3H,1H2;1H. The summed E-state index contributed by atoms with van der Waals surface area (Å²) in [6, 6.07) is 0. The van der Waals surface area contributed by atoms with Crippen LogP contribution in [-0.4, -0.2) is 11.9 Å². The van der Waals surface area contributed by atoms with Gasteiger partial charge in [0.05, 0.1) is 0 Å². The van der Waals surface area contributed by atoms with Crippen molar-refractivity contribution in [2.24, 2.45) is 5.16 Å². The molecule has 0 rings (SSSR count). The molecule has 0 atom stereocenters. The molecule has 0 heterocycles. The summed E-state index contributed by atoms with van der Waals surface area (Å²) in [5.41, 5.74) is 0. The predicted molar refractivity (Wildman–Crippen MR) is 18.6 cm³/mol. The summed E-state index contributed by atoms with van der Waals surface area (Å²) in [6.07, 6.45) is 0. The molecule has 0 unspecified atom stereocenters. The van der Waals surface area contributed by atoms with E-state index < -0.39 is 0 Å². The second kappa shape index (κ2) is 14.8. The van der Waals surface area contributed by atoms with E-state index in [0.717, 1.165) is 0 Å². The molecule has 0 fully saturated rings. The molecule has 0 bridgehead atoms. The molecule has 0 saturated carbocycles. The lowest BCUT2D eigenvalue weighted by molar-refractivity contribution is 0.323. The maximum absolute atomic E-state index is 7.08. The number of hydrogen-bond donors (Lipinski definition) is 1. The molecule has 0 aromatic rings. The first kappa shape index (κ1) is 9.25. The largest absolute Gasteiger partial charge is 0.411 e. The average Bonchev–Trinajstić information content (AvgIpc) is 0.918. The highest BCUT2D eigenvalue weighted by Gasteiger charge is 1.06. The van der Waals surface area contributed by atoms with Gasteiger partial charge in [-0.2, -0.15) is 0 Å². The molecule has 4 heavy (non-hydrogen) atoms. The molecule has 3 heteroatoms. The highest BCUT2D eigenvalue weighted by Crippen LogP contribution is 1.20. The minimum Gasteiger partial charge on any atom is -0.411 e. The van der Waals surface area contributed by atoms with E-state index in [2.05, 4.69) is 11.9 Å². The Labute approximate surface area is 30.5 Å². The molecule has 0 spiro atoms. The summed E-state index contributed by atoms with van der Waals surface area (Å²) in [6.45, 7) is 2.67. The third-order valence-electron chi connectivity index (χ3n) is 0. The van der Waals surface area contributed by atoms with Crippen LogP contribution in [0.1, 0.15) is 0 Å². The van der Waals surface area contributed by atoms with Crippen LogP contribution in [0, 0.1) is 0 Å². The Bertz CT molecular complexity index is 15.5. The summed E-state index contributed by atoms with van der Waals surface area (Å²) in [5, 5.41) is 9.33. The van der Waals surface area contributed by atoms with Gasteiger partial charge in [0.25, 0.3) is 0 Å². The SMILES string of the molecule is C=NO.Cl. The van der Waals surface area contributed by atoms with Crippen LogP contribution in [0.3, 0.4) is 0 Å². The summed E-state index contributed by atoms with van der Waals surface area (Å²) in [5.74, 6) is 0. The lowest BCUT2D eigenvalue weighted by Gasteiger charge is -1.43. The van der Waals surface area contributed by atoms with Crippen molar-refractivity contribution in [2.45, 2.75) is 0 Å². The van der Waals surface area contributed by atoms with Gasteiger partial charge >= 0.3 is 0 Å². The average molecular weight is 81.5 g/mol. The van der Waals surface area contributed by atoms with Crippen molar-refractivity contribution in [3.05, 3.63) is 0 Å². The van der Waals surface area contributed by atoms with Gasteiger partial charge in [-0.25, -0.2) is 0 Å². The van der Waals surface area contributed by atoms with Gasteiger partial charge in [-0.1, -0.05) is 0 Å². The summed E-state index contributed by atoms with van der Waals surface area (Å²) in [4.78, 5) is 0. The Morgan fingerprint density at radius 1 is 1.75 bits per heavy atom. The van der Waals surface area contributed by atoms with Crippen LogP contribution in [-0.2, 0) is 0 Å². The number of oxime groups is 1. The number of rotatable bonds is 0. The van der Waals surface area contributed by atoms with E-state index in [1.807, 2.05) is 0 Å². The van der Waals surface area contributed by atoms with Gasteiger partial charge in [-0.15, -0.1) is 17.6 Å². The quantitative estimate of drug-likeness (QED) is 0.257. The number of nitrogens with zero attached hydrogens (tertiary/aromatic N) is 1. The molecule has 0 aliphatic carbocycles.